The molecule has 2 unspecified atom stereocenters. The molecule has 2 N–H and O–H groups in total. The van der Waals surface area contributed by atoms with E-state index in [4.69, 9.17) is 18.2 Å². The highest BCUT2D eigenvalue weighted by molar-refractivity contribution is 6.21. The highest BCUT2D eigenvalue weighted by atomic mass is 35.5. The van der Waals surface area contributed by atoms with E-state index in [1.54, 1.807) is 34.7 Å². The zero-order valence-corrected chi connectivity index (χ0v) is 31.8. The third-order valence-electron chi connectivity index (χ3n) is 11.3. The second-order valence-corrected chi connectivity index (χ2v) is 15.5. The summed E-state index contributed by atoms with van der Waals surface area (Å²) in [6, 6.07) is 13.5. The van der Waals surface area contributed by atoms with Gasteiger partial charge in [0.05, 0.1) is 48.5 Å². The first-order valence-corrected chi connectivity index (χ1v) is 19.6. The Morgan fingerprint density at radius 3 is 2.55 bits per heavy atom. The first-order chi connectivity index (χ1) is 27.3. The molecule has 3 atom stereocenters. The number of nitrogens with zero attached hydrogens (tertiary/aromatic N) is 11. The fourth-order valence-corrected chi connectivity index (χ4v) is 8.57. The molecule has 6 heterocycles. The molecule has 5 aromatic rings. The summed E-state index contributed by atoms with van der Waals surface area (Å²) < 4.78 is 3.32. The number of aromatic nitrogens is 7. The molecular formula is C40H42ClN13O2. The number of anilines is 2. The minimum Gasteiger partial charge on any atom is -0.369 e. The van der Waals surface area contributed by atoms with Crippen molar-refractivity contribution in [3.63, 3.8) is 0 Å². The third-order valence-corrected chi connectivity index (χ3v) is 11.8. The number of carbonyl (C=O) groups is 2. The zero-order chi connectivity index (χ0) is 38.8. The lowest BCUT2D eigenvalue weighted by molar-refractivity contribution is -0.134. The lowest BCUT2D eigenvalue weighted by atomic mass is 9.79. The average molecular weight is 772 g/mol. The number of hydrogen-bond donors (Lipinski definition) is 2. The minimum atomic E-state index is -0.478. The Balaban J connectivity index is 0.852. The molecular weight excluding hydrogens is 730 g/mol. The van der Waals surface area contributed by atoms with Crippen LogP contribution in [0.4, 0.5) is 17.1 Å². The molecule has 1 aromatic carbocycles. The summed E-state index contributed by atoms with van der Waals surface area (Å²) in [4.78, 5) is 41.2. The fourth-order valence-electron chi connectivity index (χ4n) is 8.13. The van der Waals surface area contributed by atoms with Crippen molar-refractivity contribution < 1.29 is 9.59 Å². The van der Waals surface area contributed by atoms with Crippen molar-refractivity contribution in [1.29, 1.82) is 5.26 Å². The number of nitriles is 1. The number of hydrogen-bond acceptors (Lipinski definition) is 11. The first kappa shape index (κ1) is 37.0. The molecule has 2 amide bonds. The SMILES string of the molecule is [C-]#[N+]c1cnc2c(cnn2-c2cc(N[C@H](C)C#N)c(-n3cc(C4CCC(C(Cl)CN5CCN(c6ccc(C7CCC(=O)NC7=O)cc6)CC5)CC4)nn3)cn2)c1. The van der Waals surface area contributed by atoms with Crippen LogP contribution in [0.2, 0.25) is 0 Å². The van der Waals surface area contributed by atoms with Gasteiger partial charge in [0.15, 0.2) is 11.5 Å². The van der Waals surface area contributed by atoms with Gasteiger partial charge in [-0.2, -0.15) is 15.0 Å². The van der Waals surface area contributed by atoms with Crippen molar-refractivity contribution in [2.45, 2.75) is 68.7 Å². The number of rotatable bonds is 10. The highest BCUT2D eigenvalue weighted by Crippen LogP contribution is 2.38. The monoisotopic (exact) mass is 771 g/mol. The smallest absolute Gasteiger partial charge is 0.234 e. The Labute approximate surface area is 329 Å². The maximum absolute atomic E-state index is 12.3. The fraction of sp³-hybridized carbons (Fsp3) is 0.425. The standard InChI is InChI=1S/C40H42ClN13O2/c1-25(19-42)47-34-18-37(54-39-29(20-46-54)17-30(43-2)21-45-39)44-22-36(34)53-24-35(49-50-53)28-5-3-27(4-6-28)33(41)23-51-13-15-52(16-14-51)31-9-7-26(8-10-31)32-11-12-38(55)48-40(32)56/h7-10,17-18,20-22,24-25,27-28,32-33H,3-6,11-16,23H2,1H3,(H,44,47)(H,48,55,56)/t25-,27?,28?,32?,33?/m1/s1. The summed E-state index contributed by atoms with van der Waals surface area (Å²) in [5.74, 6) is 0.551. The van der Waals surface area contributed by atoms with E-state index < -0.39 is 6.04 Å². The van der Waals surface area contributed by atoms with Crippen LogP contribution in [0.5, 0.6) is 0 Å². The van der Waals surface area contributed by atoms with Crippen LogP contribution in [0, 0.1) is 23.8 Å². The van der Waals surface area contributed by atoms with E-state index in [9.17, 15) is 14.9 Å². The molecule has 286 valence electrons. The number of piperidine rings is 1. The summed E-state index contributed by atoms with van der Waals surface area (Å²) >= 11 is 7.10. The van der Waals surface area contributed by atoms with Gasteiger partial charge in [0, 0.05) is 73.8 Å². The number of piperazine rings is 1. The van der Waals surface area contributed by atoms with Gasteiger partial charge in [-0.1, -0.05) is 17.3 Å². The predicted octanol–water partition coefficient (Wildman–Crippen LogP) is 5.49. The summed E-state index contributed by atoms with van der Waals surface area (Å²) in [6.45, 7) is 13.6. The van der Waals surface area contributed by atoms with Gasteiger partial charge >= 0.3 is 0 Å². The third kappa shape index (κ3) is 7.78. The van der Waals surface area contributed by atoms with Gasteiger partial charge in [-0.05, 0) is 68.7 Å². The minimum absolute atomic E-state index is 0.0724. The highest BCUT2D eigenvalue weighted by Gasteiger charge is 2.31. The Hall–Kier alpha value is -5.90. The summed E-state index contributed by atoms with van der Waals surface area (Å²) in [5, 5.41) is 29.6. The molecule has 15 nitrogen and oxygen atoms in total. The number of halogens is 1. The van der Waals surface area contributed by atoms with Crippen molar-refractivity contribution >= 4 is 51.5 Å². The maximum Gasteiger partial charge on any atom is 0.234 e. The quantitative estimate of drug-likeness (QED) is 0.105. The van der Waals surface area contributed by atoms with Gasteiger partial charge in [-0.25, -0.2) is 19.5 Å². The number of alkyl halides is 1. The van der Waals surface area contributed by atoms with Crippen molar-refractivity contribution in [2.24, 2.45) is 5.92 Å². The second-order valence-electron chi connectivity index (χ2n) is 14.9. The van der Waals surface area contributed by atoms with Crippen LogP contribution < -0.4 is 15.5 Å². The topological polar surface area (TPSA) is 167 Å². The number of fused-ring (bicyclic) bond motifs is 1. The number of nitrogens with one attached hydrogen (secondary N) is 2. The molecule has 4 aromatic heterocycles. The molecule has 8 rings (SSSR count). The van der Waals surface area contributed by atoms with Crippen LogP contribution in [0.3, 0.4) is 0 Å². The molecule has 1 saturated carbocycles. The number of amides is 2. The largest absolute Gasteiger partial charge is 0.369 e. The summed E-state index contributed by atoms with van der Waals surface area (Å²) in [6.07, 6.45) is 11.8. The summed E-state index contributed by atoms with van der Waals surface area (Å²) in [5.41, 5.74) is 5.35. The molecule has 16 heteroatoms. The lowest BCUT2D eigenvalue weighted by Crippen LogP contribution is -2.48. The van der Waals surface area contributed by atoms with E-state index in [0.29, 0.717) is 47.3 Å². The number of pyridine rings is 2. The number of benzene rings is 1. The zero-order valence-electron chi connectivity index (χ0n) is 31.1. The van der Waals surface area contributed by atoms with E-state index >= 15 is 0 Å². The molecule has 0 bridgehead atoms. The van der Waals surface area contributed by atoms with Crippen LogP contribution >= 0.6 is 11.6 Å². The second kappa shape index (κ2) is 16.1. The Kier molecular flexibility index (Phi) is 10.6. The van der Waals surface area contributed by atoms with Crippen molar-refractivity contribution in [1.82, 2.24) is 45.0 Å². The van der Waals surface area contributed by atoms with Gasteiger partial charge in [-0.3, -0.25) is 19.8 Å². The predicted molar refractivity (Wildman–Crippen MR) is 211 cm³/mol. The van der Waals surface area contributed by atoms with Crippen molar-refractivity contribution in [3.8, 4) is 17.6 Å². The van der Waals surface area contributed by atoms with Gasteiger partial charge < -0.3 is 10.2 Å². The molecule has 3 fully saturated rings. The molecule has 0 spiro atoms. The van der Waals surface area contributed by atoms with Gasteiger partial charge in [0.2, 0.25) is 17.5 Å². The van der Waals surface area contributed by atoms with Gasteiger partial charge in [0.25, 0.3) is 0 Å². The van der Waals surface area contributed by atoms with Gasteiger partial charge in [0.1, 0.15) is 11.7 Å². The molecule has 1 aliphatic carbocycles. The molecule has 3 aliphatic rings. The molecule has 56 heavy (non-hydrogen) atoms. The van der Waals surface area contributed by atoms with Crippen molar-refractivity contribution in [2.75, 3.05) is 42.9 Å². The Bertz CT molecular complexity index is 2310. The van der Waals surface area contributed by atoms with E-state index in [1.807, 2.05) is 24.4 Å². The van der Waals surface area contributed by atoms with Crippen LogP contribution in [0.15, 0.2) is 61.2 Å². The van der Waals surface area contributed by atoms with Crippen LogP contribution in [-0.4, -0.2) is 95.6 Å². The van der Waals surface area contributed by atoms with E-state index in [-0.39, 0.29) is 29.0 Å². The molecule has 2 aliphatic heterocycles. The van der Waals surface area contributed by atoms with Crippen LogP contribution in [0.25, 0.3) is 27.4 Å². The van der Waals surface area contributed by atoms with Crippen LogP contribution in [0.1, 0.15) is 68.5 Å². The Morgan fingerprint density at radius 1 is 1.04 bits per heavy atom. The van der Waals surface area contributed by atoms with Gasteiger partial charge in [-0.15, -0.1) is 16.7 Å². The normalized spacial score (nSPS) is 21.6. The average Bonchev–Trinajstić information content (AvgIpc) is 3.89. The first-order valence-electron chi connectivity index (χ1n) is 19.1. The van der Waals surface area contributed by atoms with E-state index in [1.165, 1.54) is 6.20 Å². The number of imide groups is 1. The lowest BCUT2D eigenvalue weighted by Gasteiger charge is -2.39. The van der Waals surface area contributed by atoms with E-state index in [0.717, 1.165) is 80.7 Å². The van der Waals surface area contributed by atoms with E-state index in [2.05, 4.69) is 68.9 Å². The number of carbonyl (C=O) groups excluding carboxylic acids is 2. The van der Waals surface area contributed by atoms with Crippen LogP contribution in [-0.2, 0) is 9.59 Å². The molecule has 2 saturated heterocycles. The molecule has 0 radical (unpaired) electrons. The maximum atomic E-state index is 12.3. The Morgan fingerprint density at radius 2 is 1.82 bits per heavy atom. The summed E-state index contributed by atoms with van der Waals surface area (Å²) in [7, 11) is 0. The van der Waals surface area contributed by atoms with Crippen molar-refractivity contribution in [3.05, 3.63) is 83.9 Å².